The summed E-state index contributed by atoms with van der Waals surface area (Å²) in [5.41, 5.74) is 2.32. The number of nitrogens with zero attached hydrogens (tertiary/aromatic N) is 4. The summed E-state index contributed by atoms with van der Waals surface area (Å²) >= 11 is 0. The Balaban J connectivity index is 1.36. The van der Waals surface area contributed by atoms with E-state index < -0.39 is 0 Å². The lowest BCUT2D eigenvalue weighted by Gasteiger charge is -2.30. The minimum absolute atomic E-state index is 0.435. The van der Waals surface area contributed by atoms with Crippen LogP contribution >= 0.6 is 0 Å². The highest BCUT2D eigenvalue weighted by Gasteiger charge is 2.22. The average Bonchev–Trinajstić information content (AvgIpc) is 3.11. The topological polar surface area (TPSA) is 58.0 Å². The van der Waals surface area contributed by atoms with E-state index in [0.717, 1.165) is 42.1 Å². The first kappa shape index (κ1) is 18.7. The first-order chi connectivity index (χ1) is 13.6. The molecule has 0 unspecified atom stereocenters. The Bertz CT molecular complexity index is 924. The van der Waals surface area contributed by atoms with Crippen molar-refractivity contribution in [1.29, 1.82) is 0 Å². The first-order valence-corrected chi connectivity index (χ1v) is 10.1. The molecule has 6 nitrogen and oxygen atoms in total. The molecule has 28 heavy (non-hydrogen) atoms. The van der Waals surface area contributed by atoms with Gasteiger partial charge < -0.3 is 20.1 Å². The van der Waals surface area contributed by atoms with Crippen molar-refractivity contribution in [3.63, 3.8) is 0 Å². The predicted molar refractivity (Wildman–Crippen MR) is 116 cm³/mol. The highest BCUT2D eigenvalue weighted by Crippen LogP contribution is 2.26. The first-order valence-electron chi connectivity index (χ1n) is 10.1. The summed E-state index contributed by atoms with van der Waals surface area (Å²) in [6.45, 7) is 0.937. The van der Waals surface area contributed by atoms with Gasteiger partial charge in [-0.2, -0.15) is 4.98 Å². The molecule has 2 aromatic heterocycles. The number of anilines is 2. The van der Waals surface area contributed by atoms with Crippen LogP contribution in [-0.4, -0.2) is 40.7 Å². The molecule has 1 saturated carbocycles. The van der Waals surface area contributed by atoms with Crippen LogP contribution in [0.5, 0.6) is 0 Å². The predicted octanol–water partition coefficient (Wildman–Crippen LogP) is 3.55. The van der Waals surface area contributed by atoms with Crippen molar-refractivity contribution in [1.82, 2.24) is 19.9 Å². The maximum atomic E-state index is 4.78. The van der Waals surface area contributed by atoms with Gasteiger partial charge in [0.05, 0.1) is 5.52 Å². The van der Waals surface area contributed by atoms with Crippen molar-refractivity contribution in [2.24, 2.45) is 7.05 Å². The van der Waals surface area contributed by atoms with Crippen LogP contribution in [0.2, 0.25) is 0 Å². The Morgan fingerprint density at radius 3 is 2.46 bits per heavy atom. The highest BCUT2D eigenvalue weighted by atomic mass is 15.2. The van der Waals surface area contributed by atoms with Crippen LogP contribution in [0, 0.1) is 0 Å². The lowest BCUT2D eigenvalue weighted by Crippen LogP contribution is -2.37. The van der Waals surface area contributed by atoms with Gasteiger partial charge in [-0.1, -0.05) is 12.1 Å². The van der Waals surface area contributed by atoms with Crippen LogP contribution in [-0.2, 0) is 13.6 Å². The number of nitrogens with one attached hydrogen (secondary N) is 2. The van der Waals surface area contributed by atoms with Crippen LogP contribution in [0.15, 0.2) is 42.6 Å². The van der Waals surface area contributed by atoms with E-state index in [1.807, 2.05) is 26.2 Å². The van der Waals surface area contributed by atoms with Crippen LogP contribution in [0.4, 0.5) is 11.8 Å². The number of aryl methyl sites for hydroxylation is 1. The third kappa shape index (κ3) is 4.12. The quantitative estimate of drug-likeness (QED) is 0.687. The van der Waals surface area contributed by atoms with Gasteiger partial charge in [-0.3, -0.25) is 0 Å². The highest BCUT2D eigenvalue weighted by molar-refractivity contribution is 5.90. The van der Waals surface area contributed by atoms with Crippen LogP contribution in [0.1, 0.15) is 31.4 Å². The molecule has 1 aliphatic rings. The second-order valence-electron chi connectivity index (χ2n) is 7.97. The van der Waals surface area contributed by atoms with Gasteiger partial charge in [0.15, 0.2) is 0 Å². The van der Waals surface area contributed by atoms with E-state index in [4.69, 9.17) is 9.97 Å². The van der Waals surface area contributed by atoms with Crippen molar-refractivity contribution < 1.29 is 0 Å². The van der Waals surface area contributed by atoms with Crippen molar-refractivity contribution in [2.45, 2.75) is 44.3 Å². The van der Waals surface area contributed by atoms with Gasteiger partial charge in [-0.25, -0.2) is 4.98 Å². The van der Waals surface area contributed by atoms with Gasteiger partial charge in [0.2, 0.25) is 5.95 Å². The molecule has 2 N–H and O–H groups in total. The summed E-state index contributed by atoms with van der Waals surface area (Å²) in [7, 11) is 6.16. The number of hydrogen-bond donors (Lipinski definition) is 2. The molecule has 0 saturated heterocycles. The second-order valence-corrected chi connectivity index (χ2v) is 7.97. The van der Waals surface area contributed by atoms with E-state index in [2.05, 4.69) is 57.6 Å². The Kier molecular flexibility index (Phi) is 5.48. The van der Waals surface area contributed by atoms with Crippen LogP contribution in [0.3, 0.4) is 0 Å². The fourth-order valence-corrected chi connectivity index (χ4v) is 4.02. The van der Waals surface area contributed by atoms with Crippen molar-refractivity contribution in [2.75, 3.05) is 24.3 Å². The molecule has 0 radical (unpaired) electrons. The third-order valence-corrected chi connectivity index (χ3v) is 5.69. The molecule has 0 spiro atoms. The molecule has 2 heterocycles. The molecule has 0 amide bonds. The van der Waals surface area contributed by atoms with Crippen molar-refractivity contribution in [3.05, 3.63) is 48.3 Å². The maximum Gasteiger partial charge on any atom is 0.225 e. The molecule has 4 rings (SSSR count). The molecule has 0 aliphatic heterocycles. The number of rotatable bonds is 6. The van der Waals surface area contributed by atoms with Gasteiger partial charge in [-0.15, -0.1) is 0 Å². The van der Waals surface area contributed by atoms with Gasteiger partial charge in [-0.05, 0) is 49.9 Å². The van der Waals surface area contributed by atoms with Crippen LogP contribution in [0.25, 0.3) is 10.9 Å². The molecule has 6 heteroatoms. The maximum absolute atomic E-state index is 4.78. The van der Waals surface area contributed by atoms with Gasteiger partial charge in [0.1, 0.15) is 5.82 Å². The van der Waals surface area contributed by atoms with Gasteiger partial charge >= 0.3 is 0 Å². The normalized spacial score (nSPS) is 19.7. The molecule has 0 bridgehead atoms. The number of benzene rings is 1. The van der Waals surface area contributed by atoms with Gasteiger partial charge in [0.25, 0.3) is 0 Å². The van der Waals surface area contributed by atoms with E-state index in [-0.39, 0.29) is 0 Å². The molecule has 3 aromatic rings. The van der Waals surface area contributed by atoms with Crippen LogP contribution < -0.4 is 15.5 Å². The molecule has 148 valence electrons. The molecular formula is C22H30N6. The van der Waals surface area contributed by atoms with Crippen molar-refractivity contribution in [3.8, 4) is 0 Å². The van der Waals surface area contributed by atoms with E-state index >= 15 is 0 Å². The molecular weight excluding hydrogens is 348 g/mol. The fourth-order valence-electron chi connectivity index (χ4n) is 4.02. The Morgan fingerprint density at radius 2 is 1.75 bits per heavy atom. The summed E-state index contributed by atoms with van der Waals surface area (Å²) in [5.74, 6) is 1.70. The minimum atomic E-state index is 0.435. The monoisotopic (exact) mass is 378 g/mol. The zero-order chi connectivity index (χ0) is 19.5. The smallest absolute Gasteiger partial charge is 0.225 e. The number of fused-ring (bicyclic) bond motifs is 1. The fraction of sp³-hybridized carbons (Fsp3) is 0.455. The van der Waals surface area contributed by atoms with E-state index in [0.29, 0.717) is 12.1 Å². The van der Waals surface area contributed by atoms with E-state index in [1.54, 1.807) is 0 Å². The Morgan fingerprint density at radius 1 is 1.00 bits per heavy atom. The second kappa shape index (κ2) is 8.19. The summed E-state index contributed by atoms with van der Waals surface area (Å²) in [5, 5.41) is 8.39. The number of para-hydroxylation sites is 1. The van der Waals surface area contributed by atoms with E-state index in [9.17, 15) is 0 Å². The average molecular weight is 379 g/mol. The summed E-state index contributed by atoms with van der Waals surface area (Å²) < 4.78 is 2.18. The summed E-state index contributed by atoms with van der Waals surface area (Å²) in [6, 6.07) is 13.5. The lowest BCUT2D eigenvalue weighted by molar-refractivity contribution is 0.350. The van der Waals surface area contributed by atoms with Crippen molar-refractivity contribution >= 4 is 22.7 Å². The standard InChI is InChI=1S/C22H30N6/c1-27(2)21-19-8-4-5-9-20(19)25-22(26-21)24-17-12-10-16(11-13-17)23-15-18-7-6-14-28(18)3/h4-9,14,16-17,23H,10-13,15H2,1-3H3,(H,24,25,26)/t16-,17+. The number of hydrogen-bond acceptors (Lipinski definition) is 5. The third-order valence-electron chi connectivity index (χ3n) is 5.69. The largest absolute Gasteiger partial charge is 0.362 e. The number of aromatic nitrogens is 3. The zero-order valence-corrected chi connectivity index (χ0v) is 17.0. The van der Waals surface area contributed by atoms with Gasteiger partial charge in [0, 0.05) is 57.0 Å². The lowest BCUT2D eigenvalue weighted by atomic mass is 9.91. The van der Waals surface area contributed by atoms with E-state index in [1.165, 1.54) is 18.5 Å². The minimum Gasteiger partial charge on any atom is -0.362 e. The molecule has 1 aliphatic carbocycles. The Hall–Kier alpha value is -2.60. The Labute approximate surface area is 167 Å². The zero-order valence-electron chi connectivity index (χ0n) is 17.0. The molecule has 0 atom stereocenters. The molecule has 1 aromatic carbocycles. The summed E-state index contributed by atoms with van der Waals surface area (Å²) in [6.07, 6.45) is 6.73. The molecule has 1 fully saturated rings. The summed E-state index contributed by atoms with van der Waals surface area (Å²) in [4.78, 5) is 11.6. The SMILES string of the molecule is CN(C)c1nc(N[C@H]2CC[C@@H](NCc3cccn3C)CC2)nc2ccccc12.